The van der Waals surface area contributed by atoms with E-state index in [0.29, 0.717) is 48.3 Å². The lowest BCUT2D eigenvalue weighted by molar-refractivity contribution is 0.0526. The van der Waals surface area contributed by atoms with Crippen LogP contribution in [0.5, 0.6) is 0 Å². The molecule has 0 radical (unpaired) electrons. The van der Waals surface area contributed by atoms with Gasteiger partial charge in [-0.25, -0.2) is 19.6 Å². The van der Waals surface area contributed by atoms with Gasteiger partial charge in [0.2, 0.25) is 5.95 Å². The Morgan fingerprint density at radius 2 is 2.18 bits per heavy atom. The number of rotatable bonds is 4. The van der Waals surface area contributed by atoms with Gasteiger partial charge in [-0.1, -0.05) is 11.3 Å². The largest absolute Gasteiger partial charge is 0.465 e. The van der Waals surface area contributed by atoms with Crippen molar-refractivity contribution in [3.8, 4) is 0 Å². The van der Waals surface area contributed by atoms with Crippen molar-refractivity contribution in [1.29, 1.82) is 0 Å². The summed E-state index contributed by atoms with van der Waals surface area (Å²) in [5, 5.41) is 13.0. The van der Waals surface area contributed by atoms with E-state index in [0.717, 1.165) is 16.1 Å². The molecule has 3 heterocycles. The summed E-state index contributed by atoms with van der Waals surface area (Å²) in [6, 6.07) is 5.25. The Bertz CT molecular complexity index is 1070. The van der Waals surface area contributed by atoms with Crippen LogP contribution >= 0.6 is 11.3 Å². The number of carbonyl (C=O) groups excluding carboxylic acids is 1. The molecule has 10 heteroatoms. The molecule has 1 aliphatic rings. The molecular formula is C18H19N5O4S. The number of fused-ring (bicyclic) bond motifs is 2. The van der Waals surface area contributed by atoms with Crippen molar-refractivity contribution in [2.24, 2.45) is 7.05 Å². The third kappa shape index (κ3) is 3.26. The van der Waals surface area contributed by atoms with Crippen molar-refractivity contribution in [3.63, 3.8) is 0 Å². The molecule has 1 aromatic carbocycles. The number of amides is 1. The summed E-state index contributed by atoms with van der Waals surface area (Å²) in [5.74, 6) is 0.220. The van der Waals surface area contributed by atoms with E-state index >= 15 is 0 Å². The normalized spacial score (nSPS) is 13.4. The summed E-state index contributed by atoms with van der Waals surface area (Å²) in [4.78, 5) is 34.6. The highest BCUT2D eigenvalue weighted by atomic mass is 32.1. The Balaban J connectivity index is 1.59. The van der Waals surface area contributed by atoms with Gasteiger partial charge in [0.25, 0.3) is 0 Å². The second-order valence-electron chi connectivity index (χ2n) is 6.39. The average Bonchev–Trinajstić information content (AvgIpc) is 3.21. The fourth-order valence-electron chi connectivity index (χ4n) is 3.16. The van der Waals surface area contributed by atoms with E-state index in [1.165, 1.54) is 16.2 Å². The number of thiazole rings is 1. The fraction of sp³-hybridized carbons (Fsp3) is 0.333. The minimum Gasteiger partial charge on any atom is -0.465 e. The number of aromatic nitrogens is 3. The summed E-state index contributed by atoms with van der Waals surface area (Å²) < 4.78 is 6.92. The minimum atomic E-state index is -0.915. The molecule has 0 unspecified atom stereocenters. The van der Waals surface area contributed by atoms with E-state index in [9.17, 15) is 9.59 Å². The summed E-state index contributed by atoms with van der Waals surface area (Å²) in [7, 11) is 1.88. The lowest BCUT2D eigenvalue weighted by Crippen LogP contribution is -2.34. The molecule has 28 heavy (non-hydrogen) atoms. The number of esters is 1. The molecule has 1 aliphatic heterocycles. The Labute approximate surface area is 164 Å². The predicted molar refractivity (Wildman–Crippen MR) is 104 cm³/mol. The standard InChI is InChI=1S/C18H19N5O4S/c1-3-27-15(24)10-4-5-13-12(8-10)19-16(22(13)2)21-17-20-11-6-7-23(18(25)26)9-14(11)28-17/h4-5,8H,3,6-7,9H2,1-2H3,(H,25,26)(H,19,20,21). The quantitative estimate of drug-likeness (QED) is 0.647. The molecule has 2 N–H and O–H groups in total. The zero-order valence-electron chi connectivity index (χ0n) is 15.4. The molecular weight excluding hydrogens is 382 g/mol. The van der Waals surface area contributed by atoms with Crippen LogP contribution in [0.3, 0.4) is 0 Å². The van der Waals surface area contributed by atoms with Gasteiger partial charge < -0.3 is 24.6 Å². The number of nitrogens with one attached hydrogen (secondary N) is 1. The van der Waals surface area contributed by atoms with Gasteiger partial charge in [-0.3, -0.25) is 0 Å². The third-order valence-electron chi connectivity index (χ3n) is 4.61. The van der Waals surface area contributed by atoms with Crippen molar-refractivity contribution >= 4 is 45.5 Å². The first-order valence-corrected chi connectivity index (χ1v) is 9.65. The van der Waals surface area contributed by atoms with Crippen LogP contribution in [0.4, 0.5) is 15.9 Å². The molecule has 9 nitrogen and oxygen atoms in total. The van der Waals surface area contributed by atoms with Crippen LogP contribution in [0.25, 0.3) is 11.0 Å². The molecule has 0 spiro atoms. The zero-order valence-corrected chi connectivity index (χ0v) is 16.2. The molecule has 0 atom stereocenters. The molecule has 3 aromatic rings. The van der Waals surface area contributed by atoms with Gasteiger partial charge >= 0.3 is 12.1 Å². The lowest BCUT2D eigenvalue weighted by atomic mass is 10.2. The molecule has 1 amide bonds. The van der Waals surface area contributed by atoms with Gasteiger partial charge in [-0.15, -0.1) is 0 Å². The Hall–Kier alpha value is -3.14. The highest BCUT2D eigenvalue weighted by Crippen LogP contribution is 2.31. The van der Waals surface area contributed by atoms with Crippen LogP contribution in [-0.2, 0) is 24.8 Å². The smallest absolute Gasteiger partial charge is 0.407 e. The fourth-order valence-corrected chi connectivity index (χ4v) is 4.18. The third-order valence-corrected chi connectivity index (χ3v) is 5.61. The van der Waals surface area contributed by atoms with Gasteiger partial charge in [0.1, 0.15) is 0 Å². The van der Waals surface area contributed by atoms with Crippen molar-refractivity contribution in [2.45, 2.75) is 19.9 Å². The first-order chi connectivity index (χ1) is 13.5. The Morgan fingerprint density at radius 1 is 1.36 bits per heavy atom. The van der Waals surface area contributed by atoms with Crippen molar-refractivity contribution in [2.75, 3.05) is 18.5 Å². The van der Waals surface area contributed by atoms with Gasteiger partial charge in [-0.2, -0.15) is 0 Å². The number of benzene rings is 1. The summed E-state index contributed by atoms with van der Waals surface area (Å²) in [5.41, 5.74) is 2.92. The van der Waals surface area contributed by atoms with Crippen molar-refractivity contribution in [3.05, 3.63) is 34.3 Å². The number of imidazole rings is 1. The van der Waals surface area contributed by atoms with Crippen molar-refractivity contribution < 1.29 is 19.4 Å². The first-order valence-electron chi connectivity index (χ1n) is 8.83. The maximum Gasteiger partial charge on any atom is 0.407 e. The topological polar surface area (TPSA) is 110 Å². The molecule has 0 aliphatic carbocycles. The number of aryl methyl sites for hydroxylation is 1. The van der Waals surface area contributed by atoms with E-state index in [4.69, 9.17) is 9.84 Å². The monoisotopic (exact) mass is 401 g/mol. The number of ether oxygens (including phenoxy) is 1. The van der Waals surface area contributed by atoms with E-state index in [1.807, 2.05) is 17.7 Å². The number of anilines is 2. The number of hydrogen-bond donors (Lipinski definition) is 2. The first kappa shape index (κ1) is 18.2. The minimum absolute atomic E-state index is 0.319. The zero-order chi connectivity index (χ0) is 19.8. The summed E-state index contributed by atoms with van der Waals surface area (Å²) in [6.07, 6.45) is -0.313. The maximum absolute atomic E-state index is 11.9. The van der Waals surface area contributed by atoms with E-state index < -0.39 is 6.09 Å². The molecule has 0 bridgehead atoms. The highest BCUT2D eigenvalue weighted by Gasteiger charge is 2.24. The number of nitrogens with zero attached hydrogens (tertiary/aromatic N) is 4. The van der Waals surface area contributed by atoms with E-state index in [1.54, 1.807) is 19.1 Å². The lowest BCUT2D eigenvalue weighted by Gasteiger charge is -2.22. The number of carbonyl (C=O) groups is 2. The van der Waals surface area contributed by atoms with Gasteiger partial charge in [0.15, 0.2) is 5.13 Å². The van der Waals surface area contributed by atoms with Gasteiger partial charge in [-0.05, 0) is 25.1 Å². The second kappa shape index (κ2) is 7.12. The number of carboxylic acid groups (broad SMARTS) is 1. The number of hydrogen-bond acceptors (Lipinski definition) is 7. The molecule has 146 valence electrons. The van der Waals surface area contributed by atoms with Gasteiger partial charge in [0, 0.05) is 24.9 Å². The van der Waals surface area contributed by atoms with E-state index in [2.05, 4.69) is 15.3 Å². The van der Waals surface area contributed by atoms with Crippen LogP contribution in [0.15, 0.2) is 18.2 Å². The van der Waals surface area contributed by atoms with Crippen molar-refractivity contribution in [1.82, 2.24) is 19.4 Å². The molecule has 0 fully saturated rings. The van der Waals surface area contributed by atoms with E-state index in [-0.39, 0.29) is 5.97 Å². The maximum atomic E-state index is 11.9. The Morgan fingerprint density at radius 3 is 2.93 bits per heavy atom. The predicted octanol–water partition coefficient (Wildman–Crippen LogP) is 2.99. The van der Waals surface area contributed by atoms with Crippen LogP contribution in [-0.4, -0.2) is 49.8 Å². The van der Waals surface area contributed by atoms with Crippen LogP contribution < -0.4 is 5.32 Å². The highest BCUT2D eigenvalue weighted by molar-refractivity contribution is 7.15. The average molecular weight is 401 g/mol. The second-order valence-corrected chi connectivity index (χ2v) is 7.47. The summed E-state index contributed by atoms with van der Waals surface area (Å²) in [6.45, 7) is 2.90. The van der Waals surface area contributed by atoms with Gasteiger partial charge in [0.05, 0.1) is 35.4 Å². The van der Waals surface area contributed by atoms with Crippen LogP contribution in [0.2, 0.25) is 0 Å². The molecule has 2 aromatic heterocycles. The van der Waals surface area contributed by atoms with Crippen LogP contribution in [0.1, 0.15) is 27.9 Å². The van der Waals surface area contributed by atoms with Crippen LogP contribution in [0, 0.1) is 0 Å². The molecule has 0 saturated carbocycles. The molecule has 4 rings (SSSR count). The molecule has 0 saturated heterocycles. The SMILES string of the molecule is CCOC(=O)c1ccc2c(c1)nc(Nc1nc3c(s1)CN(C(=O)O)CC3)n2C. The Kier molecular flexibility index (Phi) is 4.63. The summed E-state index contributed by atoms with van der Waals surface area (Å²) >= 11 is 1.43.